The number of benzene rings is 1. The molecule has 1 amide bonds. The van der Waals surface area contributed by atoms with Crippen LogP contribution in [0.5, 0.6) is 0 Å². The molecule has 0 radical (unpaired) electrons. The highest BCUT2D eigenvalue weighted by molar-refractivity contribution is 7.84. The smallest absolute Gasteiger partial charge is 0.341 e. The minimum Gasteiger partial charge on any atom is -0.462 e. The number of fused-ring (bicyclic) bond motifs is 1. The van der Waals surface area contributed by atoms with E-state index in [2.05, 4.69) is 23.3 Å². The Balaban J connectivity index is 1.89. The predicted molar refractivity (Wildman–Crippen MR) is 117 cm³/mol. The van der Waals surface area contributed by atoms with Gasteiger partial charge in [0.05, 0.1) is 17.2 Å². The zero-order valence-electron chi connectivity index (χ0n) is 15.9. The first-order valence-corrected chi connectivity index (χ1v) is 10.6. The molecular weight excluding hydrogens is 406 g/mol. The maximum absolute atomic E-state index is 12.8. The monoisotopic (exact) mass is 427 g/mol. The molecule has 0 fully saturated rings. The van der Waals surface area contributed by atoms with E-state index in [1.807, 2.05) is 24.3 Å². The summed E-state index contributed by atoms with van der Waals surface area (Å²) in [4.78, 5) is 26.4. The fourth-order valence-corrected chi connectivity index (χ4v) is 4.72. The summed E-state index contributed by atoms with van der Waals surface area (Å²) in [5.41, 5.74) is 1.90. The summed E-state index contributed by atoms with van der Waals surface area (Å²) < 4.78 is 5.20. The van der Waals surface area contributed by atoms with E-state index in [-0.39, 0.29) is 17.2 Å². The predicted octanol–water partition coefficient (Wildman–Crippen LogP) is 4.52. The molecule has 150 valence electrons. The van der Waals surface area contributed by atoms with Gasteiger partial charge in [0, 0.05) is 10.6 Å². The molecule has 1 aromatic heterocycles. The summed E-state index contributed by atoms with van der Waals surface area (Å²) >= 11 is 5.67. The first-order valence-electron chi connectivity index (χ1n) is 9.33. The van der Waals surface area contributed by atoms with Crippen LogP contribution in [0.25, 0.3) is 0 Å². The fraction of sp³-hybridized carbons (Fsp3) is 0.286. The van der Waals surface area contributed by atoms with Crippen molar-refractivity contribution >= 4 is 46.5 Å². The van der Waals surface area contributed by atoms with E-state index >= 15 is 0 Å². The van der Waals surface area contributed by atoms with Crippen molar-refractivity contribution in [1.29, 1.82) is 5.26 Å². The number of nitriles is 1. The Morgan fingerprint density at radius 1 is 1.21 bits per heavy atom. The lowest BCUT2D eigenvalue weighted by atomic mass is 9.95. The van der Waals surface area contributed by atoms with Gasteiger partial charge in [-0.2, -0.15) is 5.26 Å². The minimum absolute atomic E-state index is 0.134. The Hall–Kier alpha value is -2.76. The third kappa shape index (κ3) is 4.81. The van der Waals surface area contributed by atoms with Gasteiger partial charge in [0.1, 0.15) is 16.6 Å². The highest BCUT2D eigenvalue weighted by atomic mass is 32.1. The number of hydrogen-bond acceptors (Lipinski definition) is 7. The number of anilines is 2. The third-order valence-corrected chi connectivity index (χ3v) is 6.03. The number of esters is 1. The number of para-hydroxylation sites is 1. The van der Waals surface area contributed by atoms with Crippen LogP contribution in [0, 0.1) is 11.3 Å². The quantitative estimate of drug-likeness (QED) is 0.273. The van der Waals surface area contributed by atoms with Gasteiger partial charge in [-0.15, -0.1) is 24.0 Å². The number of amides is 1. The van der Waals surface area contributed by atoms with E-state index in [1.165, 1.54) is 11.3 Å². The van der Waals surface area contributed by atoms with Crippen LogP contribution in [-0.2, 0) is 22.4 Å². The number of thiophene rings is 1. The standard InChI is InChI=1S/C21H21N3O3S2/c1-2-27-21(26)17-14-10-6-7-11-16(14)29-20(17)24-18(25)15(12-22)19(28)23-13-8-4-3-5-9-13/h3-5,8-9,23,28H,2,6-7,10-11H2,1H3,(H,24,25)/b19-15-. The maximum atomic E-state index is 12.8. The number of rotatable bonds is 6. The van der Waals surface area contributed by atoms with Crippen molar-refractivity contribution in [2.75, 3.05) is 17.2 Å². The van der Waals surface area contributed by atoms with Gasteiger partial charge in [-0.25, -0.2) is 4.79 Å². The third-order valence-electron chi connectivity index (χ3n) is 4.49. The molecular formula is C21H21N3O3S2. The molecule has 0 saturated heterocycles. The molecule has 8 heteroatoms. The van der Waals surface area contributed by atoms with Crippen LogP contribution in [0.3, 0.4) is 0 Å². The van der Waals surface area contributed by atoms with Crippen molar-refractivity contribution in [1.82, 2.24) is 0 Å². The van der Waals surface area contributed by atoms with Crippen molar-refractivity contribution in [3.63, 3.8) is 0 Å². The number of thiol groups is 1. The minimum atomic E-state index is -0.620. The van der Waals surface area contributed by atoms with E-state index in [1.54, 1.807) is 19.1 Å². The second-order valence-corrected chi connectivity index (χ2v) is 7.97. The van der Waals surface area contributed by atoms with Gasteiger partial charge in [-0.3, -0.25) is 4.79 Å². The SMILES string of the molecule is CCOC(=O)c1c(NC(=O)/C(C#N)=C(\S)Nc2ccccc2)sc2c1CCCC2. The summed E-state index contributed by atoms with van der Waals surface area (Å²) in [7, 11) is 0. The van der Waals surface area contributed by atoms with Crippen molar-refractivity contribution in [3.05, 3.63) is 56.9 Å². The van der Waals surface area contributed by atoms with Gasteiger partial charge in [-0.05, 0) is 50.3 Å². The summed E-state index contributed by atoms with van der Waals surface area (Å²) in [6, 6.07) is 11.0. The van der Waals surface area contributed by atoms with Crippen LogP contribution in [0.2, 0.25) is 0 Å². The summed E-state index contributed by atoms with van der Waals surface area (Å²) in [6.45, 7) is 2.00. The highest BCUT2D eigenvalue weighted by Gasteiger charge is 2.28. The van der Waals surface area contributed by atoms with E-state index in [4.69, 9.17) is 4.74 Å². The maximum Gasteiger partial charge on any atom is 0.341 e. The molecule has 0 spiro atoms. The summed E-state index contributed by atoms with van der Waals surface area (Å²) in [6.07, 6.45) is 3.70. The highest BCUT2D eigenvalue weighted by Crippen LogP contribution is 2.38. The number of nitrogens with zero attached hydrogens (tertiary/aromatic N) is 1. The van der Waals surface area contributed by atoms with E-state index in [9.17, 15) is 14.9 Å². The Labute approximate surface area is 179 Å². The Kier molecular flexibility index (Phi) is 6.96. The topological polar surface area (TPSA) is 91.2 Å². The van der Waals surface area contributed by atoms with Crippen LogP contribution >= 0.6 is 24.0 Å². The van der Waals surface area contributed by atoms with Crippen LogP contribution in [-0.4, -0.2) is 18.5 Å². The van der Waals surface area contributed by atoms with Crippen molar-refractivity contribution in [2.24, 2.45) is 0 Å². The van der Waals surface area contributed by atoms with Gasteiger partial charge in [0.25, 0.3) is 5.91 Å². The second kappa shape index (κ2) is 9.63. The molecule has 0 saturated carbocycles. The van der Waals surface area contributed by atoms with Gasteiger partial charge in [0.15, 0.2) is 0 Å². The molecule has 6 nitrogen and oxygen atoms in total. The summed E-state index contributed by atoms with van der Waals surface area (Å²) in [5.74, 6) is -1.07. The molecule has 0 aliphatic heterocycles. The van der Waals surface area contributed by atoms with Crippen LogP contribution < -0.4 is 10.6 Å². The number of carbonyl (C=O) groups excluding carboxylic acids is 2. The first-order chi connectivity index (χ1) is 14.0. The zero-order valence-corrected chi connectivity index (χ0v) is 17.7. The molecule has 2 aromatic rings. The number of carbonyl (C=O) groups is 2. The van der Waals surface area contributed by atoms with Gasteiger partial charge < -0.3 is 15.4 Å². The van der Waals surface area contributed by atoms with Crippen molar-refractivity contribution in [3.8, 4) is 6.07 Å². The molecule has 3 rings (SSSR count). The average Bonchev–Trinajstić information content (AvgIpc) is 3.07. The van der Waals surface area contributed by atoms with Crippen molar-refractivity contribution < 1.29 is 14.3 Å². The van der Waals surface area contributed by atoms with Crippen LogP contribution in [0.15, 0.2) is 40.9 Å². The molecule has 1 aromatic carbocycles. The first kappa shape index (κ1) is 21.0. The molecule has 0 bridgehead atoms. The van der Waals surface area contributed by atoms with Gasteiger partial charge in [0.2, 0.25) is 0 Å². The second-order valence-electron chi connectivity index (χ2n) is 6.42. The molecule has 0 atom stereocenters. The molecule has 0 unspecified atom stereocenters. The van der Waals surface area contributed by atoms with Gasteiger partial charge >= 0.3 is 5.97 Å². The fourth-order valence-electron chi connectivity index (χ4n) is 3.17. The lowest BCUT2D eigenvalue weighted by Gasteiger charge is -2.12. The average molecular weight is 428 g/mol. The Morgan fingerprint density at radius 3 is 2.62 bits per heavy atom. The van der Waals surface area contributed by atoms with Gasteiger partial charge in [-0.1, -0.05) is 18.2 Å². The Bertz CT molecular complexity index is 991. The van der Waals surface area contributed by atoms with Crippen LogP contribution in [0.1, 0.15) is 40.6 Å². The molecule has 29 heavy (non-hydrogen) atoms. The van der Waals surface area contributed by atoms with Crippen molar-refractivity contribution in [2.45, 2.75) is 32.6 Å². The number of nitrogens with one attached hydrogen (secondary N) is 2. The lowest BCUT2D eigenvalue weighted by Crippen LogP contribution is -2.18. The lowest BCUT2D eigenvalue weighted by molar-refractivity contribution is -0.112. The Morgan fingerprint density at radius 2 is 1.93 bits per heavy atom. The van der Waals surface area contributed by atoms with E-state index in [0.29, 0.717) is 16.3 Å². The molecule has 1 aliphatic rings. The number of hydrogen-bond donors (Lipinski definition) is 3. The van der Waals surface area contributed by atoms with E-state index < -0.39 is 11.9 Å². The molecule has 2 N–H and O–H groups in total. The largest absolute Gasteiger partial charge is 0.462 e. The van der Waals surface area contributed by atoms with E-state index in [0.717, 1.165) is 36.1 Å². The number of ether oxygens (including phenoxy) is 1. The zero-order chi connectivity index (χ0) is 20.8. The molecule has 1 heterocycles. The summed E-state index contributed by atoms with van der Waals surface area (Å²) in [5, 5.41) is 15.7. The normalized spacial score (nSPS) is 13.6. The number of aryl methyl sites for hydroxylation is 1. The molecule has 1 aliphatic carbocycles. The van der Waals surface area contributed by atoms with Crippen LogP contribution in [0.4, 0.5) is 10.7 Å².